The second-order valence-corrected chi connectivity index (χ2v) is 6.28. The van der Waals surface area contributed by atoms with Crippen LogP contribution < -0.4 is 10.2 Å². The molecule has 0 heterocycles. The number of methoxy groups -OCH3 is 1. The maximum atomic E-state index is 5.48. The first-order valence-electron chi connectivity index (χ1n) is 6.97. The van der Waals surface area contributed by atoms with Crippen LogP contribution in [0.2, 0.25) is 0 Å². The third kappa shape index (κ3) is 2.93. The Morgan fingerprint density at radius 2 is 1.89 bits per heavy atom. The zero-order chi connectivity index (χ0) is 14.0. The molecule has 1 N–H and O–H groups in total. The zero-order valence-electron chi connectivity index (χ0n) is 12.7. The van der Waals surface area contributed by atoms with Crippen LogP contribution >= 0.6 is 0 Å². The van der Waals surface area contributed by atoms with Gasteiger partial charge in [0, 0.05) is 44.9 Å². The Labute approximate surface area is 116 Å². The van der Waals surface area contributed by atoms with Crippen LogP contribution in [0.3, 0.4) is 0 Å². The molecular formula is C16H26N2O. The van der Waals surface area contributed by atoms with Gasteiger partial charge in [-0.25, -0.2) is 0 Å². The predicted molar refractivity (Wildman–Crippen MR) is 80.6 cm³/mol. The predicted octanol–water partition coefficient (Wildman–Crippen LogP) is 2.66. The van der Waals surface area contributed by atoms with E-state index in [0.717, 1.165) is 13.0 Å². The fraction of sp³-hybridized carbons (Fsp3) is 0.625. The Kier molecular flexibility index (Phi) is 4.16. The van der Waals surface area contributed by atoms with Crippen LogP contribution in [0.1, 0.15) is 25.8 Å². The molecule has 0 spiro atoms. The Balaban J connectivity index is 1.86. The van der Waals surface area contributed by atoms with E-state index >= 15 is 0 Å². The van der Waals surface area contributed by atoms with Gasteiger partial charge in [0.15, 0.2) is 0 Å². The smallest absolute Gasteiger partial charge is 0.0652 e. The van der Waals surface area contributed by atoms with E-state index in [2.05, 4.69) is 62.4 Å². The third-order valence-corrected chi connectivity index (χ3v) is 4.47. The molecule has 0 bridgehead atoms. The van der Waals surface area contributed by atoms with Gasteiger partial charge in [0.1, 0.15) is 0 Å². The van der Waals surface area contributed by atoms with E-state index in [1.165, 1.54) is 11.3 Å². The van der Waals surface area contributed by atoms with Gasteiger partial charge in [0.25, 0.3) is 0 Å². The van der Waals surface area contributed by atoms with Crippen molar-refractivity contribution in [3.05, 3.63) is 29.8 Å². The number of hydrogen-bond donors (Lipinski definition) is 1. The molecule has 0 saturated heterocycles. The Hall–Kier alpha value is -1.06. The minimum absolute atomic E-state index is 0.234. The first kappa shape index (κ1) is 14.4. The molecule has 0 aliphatic heterocycles. The van der Waals surface area contributed by atoms with Gasteiger partial charge in [0.2, 0.25) is 0 Å². The molecule has 0 amide bonds. The van der Waals surface area contributed by atoms with Crippen molar-refractivity contribution in [2.45, 2.75) is 39.0 Å². The maximum absolute atomic E-state index is 5.48. The molecule has 1 fully saturated rings. The number of anilines is 1. The van der Waals surface area contributed by atoms with E-state index in [9.17, 15) is 0 Å². The van der Waals surface area contributed by atoms with E-state index in [0.29, 0.717) is 12.1 Å². The van der Waals surface area contributed by atoms with Crippen LogP contribution in [-0.2, 0) is 11.3 Å². The molecule has 1 saturated carbocycles. The SMILES string of the molecule is COC1CC(NCc2ccc(N(C)C)cc2)C1(C)C. The molecule has 2 atom stereocenters. The van der Waals surface area contributed by atoms with Crippen LogP contribution in [0.4, 0.5) is 5.69 Å². The number of hydrogen-bond acceptors (Lipinski definition) is 3. The average Bonchev–Trinajstić information content (AvgIpc) is 2.38. The number of nitrogens with zero attached hydrogens (tertiary/aromatic N) is 1. The molecular weight excluding hydrogens is 236 g/mol. The summed E-state index contributed by atoms with van der Waals surface area (Å²) >= 11 is 0. The van der Waals surface area contributed by atoms with Crippen LogP contribution in [-0.4, -0.2) is 33.4 Å². The zero-order valence-corrected chi connectivity index (χ0v) is 12.7. The van der Waals surface area contributed by atoms with Crippen molar-refractivity contribution in [2.24, 2.45) is 5.41 Å². The minimum Gasteiger partial charge on any atom is -0.381 e. The van der Waals surface area contributed by atoms with E-state index in [4.69, 9.17) is 4.74 Å². The summed E-state index contributed by atoms with van der Waals surface area (Å²) in [5.74, 6) is 0. The van der Waals surface area contributed by atoms with Crippen molar-refractivity contribution >= 4 is 5.69 Å². The van der Waals surface area contributed by atoms with Crippen LogP contribution in [0.25, 0.3) is 0 Å². The summed E-state index contributed by atoms with van der Waals surface area (Å²) in [5, 5.41) is 3.65. The highest BCUT2D eigenvalue weighted by Crippen LogP contribution is 2.42. The monoisotopic (exact) mass is 262 g/mol. The Morgan fingerprint density at radius 3 is 2.37 bits per heavy atom. The van der Waals surface area contributed by atoms with E-state index in [1.807, 2.05) is 7.11 Å². The van der Waals surface area contributed by atoms with Gasteiger partial charge in [-0.15, -0.1) is 0 Å². The van der Waals surface area contributed by atoms with Gasteiger partial charge in [-0.3, -0.25) is 0 Å². The number of nitrogens with one attached hydrogen (secondary N) is 1. The van der Waals surface area contributed by atoms with Crippen molar-refractivity contribution in [1.82, 2.24) is 5.32 Å². The highest BCUT2D eigenvalue weighted by molar-refractivity contribution is 5.45. The van der Waals surface area contributed by atoms with E-state index < -0.39 is 0 Å². The second-order valence-electron chi connectivity index (χ2n) is 6.28. The summed E-state index contributed by atoms with van der Waals surface area (Å²) in [5.41, 5.74) is 2.81. The lowest BCUT2D eigenvalue weighted by Gasteiger charge is -2.51. The molecule has 1 aliphatic carbocycles. The topological polar surface area (TPSA) is 24.5 Å². The molecule has 106 valence electrons. The second kappa shape index (κ2) is 5.51. The Bertz CT molecular complexity index is 411. The highest BCUT2D eigenvalue weighted by Gasteiger charge is 2.48. The molecule has 3 heteroatoms. The molecule has 0 aromatic heterocycles. The average molecular weight is 262 g/mol. The van der Waals surface area contributed by atoms with Gasteiger partial charge in [0.05, 0.1) is 6.10 Å². The molecule has 1 aliphatic rings. The van der Waals surface area contributed by atoms with Crippen LogP contribution in [0, 0.1) is 5.41 Å². The number of rotatable bonds is 5. The van der Waals surface area contributed by atoms with Crippen LogP contribution in [0.5, 0.6) is 0 Å². The lowest BCUT2D eigenvalue weighted by Crippen LogP contribution is -2.60. The highest BCUT2D eigenvalue weighted by atomic mass is 16.5. The molecule has 19 heavy (non-hydrogen) atoms. The number of benzene rings is 1. The first-order valence-corrected chi connectivity index (χ1v) is 6.97. The lowest BCUT2D eigenvalue weighted by atomic mass is 9.64. The molecule has 3 nitrogen and oxygen atoms in total. The van der Waals surface area contributed by atoms with Gasteiger partial charge in [-0.05, 0) is 24.1 Å². The van der Waals surface area contributed by atoms with Crippen molar-refractivity contribution in [1.29, 1.82) is 0 Å². The molecule has 1 aromatic carbocycles. The van der Waals surface area contributed by atoms with Crippen molar-refractivity contribution in [2.75, 3.05) is 26.1 Å². The van der Waals surface area contributed by atoms with E-state index in [1.54, 1.807) is 0 Å². The molecule has 2 unspecified atom stereocenters. The maximum Gasteiger partial charge on any atom is 0.0652 e. The first-order chi connectivity index (χ1) is 8.95. The summed E-state index contributed by atoms with van der Waals surface area (Å²) in [7, 11) is 5.94. The summed E-state index contributed by atoms with van der Waals surface area (Å²) in [6.45, 7) is 5.48. The van der Waals surface area contributed by atoms with Gasteiger partial charge in [-0.2, -0.15) is 0 Å². The van der Waals surface area contributed by atoms with Gasteiger partial charge in [-0.1, -0.05) is 26.0 Å². The van der Waals surface area contributed by atoms with Crippen molar-refractivity contribution < 1.29 is 4.74 Å². The van der Waals surface area contributed by atoms with Gasteiger partial charge >= 0.3 is 0 Å². The largest absolute Gasteiger partial charge is 0.381 e. The molecule has 0 radical (unpaired) electrons. The summed E-state index contributed by atoms with van der Waals surface area (Å²) in [6.07, 6.45) is 1.50. The quantitative estimate of drug-likeness (QED) is 0.883. The summed E-state index contributed by atoms with van der Waals surface area (Å²) < 4.78 is 5.48. The standard InChI is InChI=1S/C16H26N2O/c1-16(2)14(10-15(16)19-5)17-11-12-6-8-13(9-7-12)18(3)4/h6-9,14-15,17H,10-11H2,1-5H3. The fourth-order valence-electron chi connectivity index (χ4n) is 2.78. The summed E-state index contributed by atoms with van der Waals surface area (Å²) in [6, 6.07) is 9.27. The molecule has 1 aromatic rings. The lowest BCUT2D eigenvalue weighted by molar-refractivity contribution is -0.0979. The molecule has 2 rings (SSSR count). The fourth-order valence-corrected chi connectivity index (χ4v) is 2.78. The van der Waals surface area contributed by atoms with Gasteiger partial charge < -0.3 is 15.0 Å². The number of ether oxygens (including phenoxy) is 1. The minimum atomic E-state index is 0.234. The van der Waals surface area contributed by atoms with Crippen molar-refractivity contribution in [3.63, 3.8) is 0 Å². The summed E-state index contributed by atoms with van der Waals surface area (Å²) in [4.78, 5) is 2.12. The van der Waals surface area contributed by atoms with Crippen molar-refractivity contribution in [3.8, 4) is 0 Å². The van der Waals surface area contributed by atoms with E-state index in [-0.39, 0.29) is 5.41 Å². The Morgan fingerprint density at radius 1 is 1.26 bits per heavy atom. The third-order valence-electron chi connectivity index (χ3n) is 4.47. The normalized spacial score (nSPS) is 24.9. The van der Waals surface area contributed by atoms with Crippen LogP contribution in [0.15, 0.2) is 24.3 Å².